The van der Waals surface area contributed by atoms with Crippen molar-refractivity contribution in [2.24, 2.45) is 23.7 Å². The van der Waals surface area contributed by atoms with Gasteiger partial charge in [0.1, 0.15) is 55.1 Å². The smallest absolute Gasteiger partial charge is 0.309 e. The van der Waals surface area contributed by atoms with E-state index in [2.05, 4.69) is 15.5 Å². The molecule has 418 valence electrons. The number of nitrogens with zero attached hydrogens (tertiary/aromatic N) is 6. The molecule has 3 saturated heterocycles. The van der Waals surface area contributed by atoms with Crippen molar-refractivity contribution in [1.82, 2.24) is 30.0 Å². The van der Waals surface area contributed by atoms with Crippen LogP contribution in [0.25, 0.3) is 11.1 Å². The number of ether oxygens (including phenoxy) is 6. The first kappa shape index (κ1) is 59.7. The lowest BCUT2D eigenvalue weighted by atomic mass is 9.68. The molecule has 5 N–H and O–H groups in total. The Hall–Kier alpha value is -3.51. The number of methoxy groups -OCH3 is 2. The maximum atomic E-state index is 14.9. The standard InChI is InChI=1S/C54H87FN6O13/c1-15-43-54(10,67)47(63)34(6)60(12)27-30(2)23-52(8,66)49(32(4)44(33(5)50(65)73-43)42-24-53(9,69-14)48(64)35(7)72-42)74-51-45(62)40(22-31(3)71-51)59(11)21-20-39-28-61(58-57-39)41(25-55)46(68-13)37-18-16-36(17-19-37)38-26-56-70-29-38/h16-19,26,28-35,40-49,51,62-64,66-67H,15,20-25,27H2,1-14H3/t30-,31-,32+,33-,34-,35+,40+,41-,42?,43-,44+,45-,46-,47-,48+,49-,51+,52-,53-,54-/m1/s1. The van der Waals surface area contributed by atoms with Gasteiger partial charge in [-0.15, -0.1) is 5.10 Å². The van der Waals surface area contributed by atoms with Gasteiger partial charge in [-0.3, -0.25) is 4.79 Å². The third-order valence-corrected chi connectivity index (χ3v) is 16.8. The van der Waals surface area contributed by atoms with Crippen molar-refractivity contribution in [3.05, 3.63) is 54.2 Å². The van der Waals surface area contributed by atoms with Gasteiger partial charge in [0.15, 0.2) is 6.29 Å². The van der Waals surface area contributed by atoms with Crippen molar-refractivity contribution in [3.63, 3.8) is 0 Å². The van der Waals surface area contributed by atoms with Crippen molar-refractivity contribution in [3.8, 4) is 11.1 Å². The van der Waals surface area contributed by atoms with Crippen molar-refractivity contribution in [2.45, 2.75) is 197 Å². The van der Waals surface area contributed by atoms with Gasteiger partial charge in [-0.25, -0.2) is 9.07 Å². The normalized spacial score (nSPS) is 39.3. The summed E-state index contributed by atoms with van der Waals surface area (Å²) >= 11 is 0. The second-order valence-electron chi connectivity index (χ2n) is 22.6. The number of esters is 1. The van der Waals surface area contributed by atoms with Crippen LogP contribution in [0.2, 0.25) is 0 Å². The molecule has 0 bridgehead atoms. The number of hydrogen-bond acceptors (Lipinski definition) is 18. The zero-order valence-electron chi connectivity index (χ0n) is 46.1. The van der Waals surface area contributed by atoms with E-state index in [0.717, 1.165) is 16.7 Å². The van der Waals surface area contributed by atoms with Crippen LogP contribution in [-0.2, 0) is 39.6 Å². The number of carbonyl (C=O) groups excluding carboxylic acids is 1. The summed E-state index contributed by atoms with van der Waals surface area (Å²) < 4.78 is 59.4. The fourth-order valence-corrected chi connectivity index (χ4v) is 12.3. The van der Waals surface area contributed by atoms with Gasteiger partial charge in [0.2, 0.25) is 0 Å². The summed E-state index contributed by atoms with van der Waals surface area (Å²) in [6, 6.07) is 5.69. The summed E-state index contributed by atoms with van der Waals surface area (Å²) in [4.78, 5) is 18.6. The molecule has 0 radical (unpaired) electrons. The van der Waals surface area contributed by atoms with Crippen LogP contribution in [0.5, 0.6) is 0 Å². The summed E-state index contributed by atoms with van der Waals surface area (Å²) in [5.74, 6) is -3.26. The highest BCUT2D eigenvalue weighted by molar-refractivity contribution is 5.73. The third-order valence-electron chi connectivity index (χ3n) is 16.8. The van der Waals surface area contributed by atoms with Crippen molar-refractivity contribution >= 4 is 5.97 Å². The Kier molecular flexibility index (Phi) is 20.1. The van der Waals surface area contributed by atoms with Crippen LogP contribution in [0, 0.1) is 23.7 Å². The third kappa shape index (κ3) is 13.1. The van der Waals surface area contributed by atoms with Crippen LogP contribution >= 0.6 is 0 Å². The highest BCUT2D eigenvalue weighted by atomic mass is 19.1. The SMILES string of the molecule is CC[C@H]1OC(=O)[C@H](C)[C@@H](C2C[C@@](C)(OC)[C@@H](O)[C@H](C)O2)[C@H](C)[C@@H](O[C@@H]2O[C@H](C)C[C@H](N(C)CCc3cn([C@H](CF)[C@H](OC)c4ccc(-c5cnoc5)cc4)nn3)[C@H]2O)[C@](C)(O)C[C@@H](C)CN(C)[C@H](C)[C@@H](O)[C@]1(C)O. The largest absolute Gasteiger partial charge is 0.459 e. The van der Waals surface area contributed by atoms with E-state index in [1.807, 2.05) is 68.9 Å². The molecule has 3 fully saturated rings. The Bertz CT molecular complexity index is 2200. The summed E-state index contributed by atoms with van der Waals surface area (Å²) in [6.45, 7) is 17.9. The monoisotopic (exact) mass is 1050 g/mol. The first-order chi connectivity index (χ1) is 34.8. The fourth-order valence-electron chi connectivity index (χ4n) is 12.3. The Morgan fingerprint density at radius 1 is 0.973 bits per heavy atom. The van der Waals surface area contributed by atoms with Crippen molar-refractivity contribution < 1.29 is 67.7 Å². The second kappa shape index (κ2) is 24.9. The number of hydrogen-bond donors (Lipinski definition) is 5. The summed E-state index contributed by atoms with van der Waals surface area (Å²) in [6.07, 6.45) is -3.11. The molecule has 19 nitrogen and oxygen atoms in total. The van der Waals surface area contributed by atoms with Gasteiger partial charge in [0.25, 0.3) is 0 Å². The molecule has 2 aromatic heterocycles. The van der Waals surface area contributed by atoms with Gasteiger partial charge in [0.05, 0.1) is 53.4 Å². The van der Waals surface area contributed by atoms with Crippen LogP contribution in [0.15, 0.2) is 47.4 Å². The molecular weight excluding hydrogens is 960 g/mol. The topological polar surface area (TPSA) is 237 Å². The van der Waals surface area contributed by atoms with Gasteiger partial charge in [0, 0.05) is 69.9 Å². The minimum Gasteiger partial charge on any atom is -0.459 e. The molecule has 1 unspecified atom stereocenters. The van der Waals surface area contributed by atoms with Gasteiger partial charge >= 0.3 is 5.97 Å². The van der Waals surface area contributed by atoms with Gasteiger partial charge in [-0.2, -0.15) is 0 Å². The van der Waals surface area contributed by atoms with Crippen LogP contribution in [0.3, 0.4) is 0 Å². The van der Waals surface area contributed by atoms with Crippen LogP contribution < -0.4 is 0 Å². The number of aliphatic hydroxyl groups excluding tert-OH is 3. The number of cyclic esters (lactones) is 1. The number of aromatic nitrogens is 4. The number of benzene rings is 1. The zero-order chi connectivity index (χ0) is 54.6. The summed E-state index contributed by atoms with van der Waals surface area (Å²) in [5, 5.41) is 72.7. The molecule has 74 heavy (non-hydrogen) atoms. The average Bonchev–Trinajstić information content (AvgIpc) is 4.08. The van der Waals surface area contributed by atoms with Crippen molar-refractivity contribution in [2.75, 3.05) is 48.1 Å². The molecule has 0 saturated carbocycles. The van der Waals surface area contributed by atoms with E-state index in [4.69, 9.17) is 32.9 Å². The van der Waals surface area contributed by atoms with Crippen molar-refractivity contribution in [1.29, 1.82) is 0 Å². The average molecular weight is 1050 g/mol. The molecule has 3 aliphatic rings. The number of aliphatic hydroxyl groups is 5. The number of carbonyl (C=O) groups is 1. The fraction of sp³-hybridized carbons (Fsp3) is 0.778. The minimum absolute atomic E-state index is 0.171. The maximum absolute atomic E-state index is 14.9. The summed E-state index contributed by atoms with van der Waals surface area (Å²) in [7, 11) is 6.79. The zero-order valence-corrected chi connectivity index (χ0v) is 46.1. The highest BCUT2D eigenvalue weighted by Crippen LogP contribution is 2.45. The predicted octanol–water partition coefficient (Wildman–Crippen LogP) is 4.93. The molecule has 0 aliphatic carbocycles. The number of halogens is 1. The Labute approximate surface area is 436 Å². The first-order valence-electron chi connectivity index (χ1n) is 26.4. The van der Waals surface area contributed by atoms with E-state index in [1.54, 1.807) is 60.2 Å². The van der Waals surface area contributed by atoms with E-state index in [9.17, 15) is 34.7 Å². The number of rotatable bonds is 15. The van der Waals surface area contributed by atoms with Gasteiger partial charge in [-0.1, -0.05) is 62.3 Å². The van der Waals surface area contributed by atoms with Gasteiger partial charge in [-0.05, 0) is 97.9 Å². The summed E-state index contributed by atoms with van der Waals surface area (Å²) in [5.41, 5.74) is -1.44. The van der Waals surface area contributed by atoms with E-state index >= 15 is 0 Å². The lowest BCUT2D eigenvalue weighted by molar-refractivity contribution is -0.302. The van der Waals surface area contributed by atoms with E-state index in [-0.39, 0.29) is 25.2 Å². The van der Waals surface area contributed by atoms with Crippen LogP contribution in [0.1, 0.15) is 118 Å². The molecule has 3 aromatic rings. The quantitative estimate of drug-likeness (QED) is 0.127. The van der Waals surface area contributed by atoms with Gasteiger partial charge < -0.3 is 68.3 Å². The molecule has 20 atom stereocenters. The van der Waals surface area contributed by atoms with E-state index in [1.165, 1.54) is 25.8 Å². The van der Waals surface area contributed by atoms with Crippen LogP contribution in [-0.4, -0.2) is 194 Å². The lowest BCUT2D eigenvalue weighted by Gasteiger charge is -2.51. The Morgan fingerprint density at radius 3 is 2.27 bits per heavy atom. The number of alkyl halides is 1. The molecule has 20 heteroatoms. The maximum Gasteiger partial charge on any atom is 0.309 e. The lowest BCUT2D eigenvalue weighted by Crippen LogP contribution is -2.62. The molecule has 0 spiro atoms. The molecule has 5 heterocycles. The van der Waals surface area contributed by atoms with Crippen LogP contribution in [0.4, 0.5) is 4.39 Å². The molecule has 6 rings (SSSR count). The minimum atomic E-state index is -1.83. The Morgan fingerprint density at radius 2 is 1.66 bits per heavy atom. The number of likely N-dealkylation sites (N-methyl/N-ethyl adjacent to an activating group) is 2. The Balaban J connectivity index is 1.27. The predicted molar refractivity (Wildman–Crippen MR) is 272 cm³/mol. The molecule has 1 aromatic carbocycles. The first-order valence-corrected chi connectivity index (χ1v) is 26.4. The molecular formula is C54H87FN6O13. The highest BCUT2D eigenvalue weighted by Gasteiger charge is 2.55. The molecule has 0 amide bonds. The van der Waals surface area contributed by atoms with E-state index in [0.29, 0.717) is 31.6 Å². The van der Waals surface area contributed by atoms with E-state index < -0.39 is 127 Å². The molecule has 3 aliphatic heterocycles. The second-order valence-corrected chi connectivity index (χ2v) is 22.6.